The van der Waals surface area contributed by atoms with Gasteiger partial charge in [0.15, 0.2) is 0 Å². The number of hydrogen-bond donors (Lipinski definition) is 1. The Kier molecular flexibility index (Phi) is 5.99. The molecule has 2 aromatic rings. The number of carbonyl (C=O) groups is 1. The summed E-state index contributed by atoms with van der Waals surface area (Å²) < 4.78 is 10.1. The maximum atomic E-state index is 12.1. The van der Waals surface area contributed by atoms with Gasteiger partial charge in [-0.2, -0.15) is 5.10 Å². The van der Waals surface area contributed by atoms with Crippen molar-refractivity contribution in [1.82, 2.24) is 5.43 Å². The van der Waals surface area contributed by atoms with E-state index in [4.69, 9.17) is 9.47 Å². The van der Waals surface area contributed by atoms with Crippen molar-refractivity contribution in [2.75, 3.05) is 14.2 Å². The average molecular weight is 374 g/mol. The molecule has 140 valence electrons. The number of rotatable bonds is 7. The Labute approximate surface area is 152 Å². The fourth-order valence-electron chi connectivity index (χ4n) is 2.20. The molecule has 11 heteroatoms. The molecule has 0 atom stereocenters. The van der Waals surface area contributed by atoms with E-state index >= 15 is 0 Å². The summed E-state index contributed by atoms with van der Waals surface area (Å²) in [5, 5.41) is 25.8. The van der Waals surface area contributed by atoms with Crippen molar-refractivity contribution < 1.29 is 24.1 Å². The topological polar surface area (TPSA) is 146 Å². The third-order valence-corrected chi connectivity index (χ3v) is 3.44. The number of methoxy groups -OCH3 is 2. The number of para-hydroxylation sites is 1. The van der Waals surface area contributed by atoms with E-state index in [1.807, 2.05) is 0 Å². The predicted molar refractivity (Wildman–Crippen MR) is 94.4 cm³/mol. The Bertz CT molecular complexity index is 927. The molecule has 0 saturated heterocycles. The standard InChI is InChI=1S/C16H14N4O7/c1-26-14-8-15(27-2)13(20(24)25)7-10(14)9-17-18-16(21)11-5-3-4-6-12(11)19(22)23/h3-9H,1-2H3,(H,18,21)/b17-9-. The largest absolute Gasteiger partial charge is 0.496 e. The van der Waals surface area contributed by atoms with Gasteiger partial charge in [-0.05, 0) is 6.07 Å². The van der Waals surface area contributed by atoms with Crippen LogP contribution in [0.1, 0.15) is 15.9 Å². The zero-order chi connectivity index (χ0) is 20.0. The van der Waals surface area contributed by atoms with Crippen molar-refractivity contribution in [1.29, 1.82) is 0 Å². The summed E-state index contributed by atoms with van der Waals surface area (Å²) in [5.74, 6) is -0.584. The monoisotopic (exact) mass is 374 g/mol. The van der Waals surface area contributed by atoms with Crippen LogP contribution in [0.2, 0.25) is 0 Å². The van der Waals surface area contributed by atoms with Crippen molar-refractivity contribution in [3.63, 3.8) is 0 Å². The van der Waals surface area contributed by atoms with E-state index in [2.05, 4.69) is 10.5 Å². The average Bonchev–Trinajstić information content (AvgIpc) is 2.67. The predicted octanol–water partition coefficient (Wildman–Crippen LogP) is 2.28. The quantitative estimate of drug-likeness (QED) is 0.444. The van der Waals surface area contributed by atoms with Crippen LogP contribution in [0.3, 0.4) is 0 Å². The normalized spacial score (nSPS) is 10.4. The van der Waals surface area contributed by atoms with Gasteiger partial charge in [-0.15, -0.1) is 0 Å². The first-order valence-electron chi connectivity index (χ1n) is 7.36. The van der Waals surface area contributed by atoms with Gasteiger partial charge in [0.2, 0.25) is 5.75 Å². The van der Waals surface area contributed by atoms with Gasteiger partial charge in [0.1, 0.15) is 11.3 Å². The fraction of sp³-hybridized carbons (Fsp3) is 0.125. The number of nitro groups is 2. The zero-order valence-corrected chi connectivity index (χ0v) is 14.2. The summed E-state index contributed by atoms with van der Waals surface area (Å²) in [6.07, 6.45) is 1.12. The van der Waals surface area contributed by atoms with Crippen molar-refractivity contribution in [2.45, 2.75) is 0 Å². The number of amides is 1. The number of carbonyl (C=O) groups excluding carboxylic acids is 1. The Morgan fingerprint density at radius 2 is 1.67 bits per heavy atom. The highest BCUT2D eigenvalue weighted by molar-refractivity contribution is 5.98. The minimum Gasteiger partial charge on any atom is -0.496 e. The molecule has 0 radical (unpaired) electrons. The number of nitro benzene ring substituents is 2. The summed E-state index contributed by atoms with van der Waals surface area (Å²) in [6, 6.07) is 7.85. The van der Waals surface area contributed by atoms with Gasteiger partial charge in [-0.3, -0.25) is 25.0 Å². The highest BCUT2D eigenvalue weighted by atomic mass is 16.6. The molecule has 11 nitrogen and oxygen atoms in total. The molecule has 0 heterocycles. The Morgan fingerprint density at radius 1 is 1.04 bits per heavy atom. The van der Waals surface area contributed by atoms with Crippen LogP contribution in [0.25, 0.3) is 0 Å². The maximum absolute atomic E-state index is 12.1. The smallest absolute Gasteiger partial charge is 0.311 e. The molecule has 0 spiro atoms. The lowest BCUT2D eigenvalue weighted by molar-refractivity contribution is -0.385. The van der Waals surface area contributed by atoms with Crippen LogP contribution in [0, 0.1) is 20.2 Å². The molecule has 2 rings (SSSR count). The number of nitrogens with zero attached hydrogens (tertiary/aromatic N) is 3. The number of hydrogen-bond acceptors (Lipinski definition) is 8. The molecule has 0 aliphatic carbocycles. The first kappa shape index (κ1) is 19.3. The van der Waals surface area contributed by atoms with Crippen LogP contribution in [-0.2, 0) is 0 Å². The first-order chi connectivity index (χ1) is 12.9. The third kappa shape index (κ3) is 4.34. The van der Waals surface area contributed by atoms with Crippen molar-refractivity contribution >= 4 is 23.5 Å². The molecular weight excluding hydrogens is 360 g/mol. The molecule has 27 heavy (non-hydrogen) atoms. The summed E-state index contributed by atoms with van der Waals surface area (Å²) in [7, 11) is 2.63. The maximum Gasteiger partial charge on any atom is 0.311 e. The Balaban J connectivity index is 2.28. The van der Waals surface area contributed by atoms with Gasteiger partial charge in [0, 0.05) is 23.8 Å². The van der Waals surface area contributed by atoms with E-state index in [-0.39, 0.29) is 34.0 Å². The van der Waals surface area contributed by atoms with Crippen molar-refractivity contribution in [3.05, 3.63) is 67.8 Å². The van der Waals surface area contributed by atoms with E-state index in [1.54, 1.807) is 0 Å². The van der Waals surface area contributed by atoms with Gasteiger partial charge in [0.25, 0.3) is 11.6 Å². The first-order valence-corrected chi connectivity index (χ1v) is 7.36. The van der Waals surface area contributed by atoms with Gasteiger partial charge in [-0.1, -0.05) is 12.1 Å². The molecule has 0 saturated carbocycles. The summed E-state index contributed by atoms with van der Waals surface area (Å²) in [5.41, 5.74) is 1.48. The minimum atomic E-state index is -0.805. The molecular formula is C16H14N4O7. The molecule has 0 aliphatic heterocycles. The molecule has 0 unspecified atom stereocenters. The lowest BCUT2D eigenvalue weighted by atomic mass is 10.1. The molecule has 1 amide bonds. The van der Waals surface area contributed by atoms with Crippen LogP contribution < -0.4 is 14.9 Å². The summed E-state index contributed by atoms with van der Waals surface area (Å²) in [6.45, 7) is 0. The minimum absolute atomic E-state index is 0.00190. The van der Waals surface area contributed by atoms with E-state index in [0.717, 1.165) is 12.3 Å². The molecule has 0 aliphatic rings. The lowest BCUT2D eigenvalue weighted by Gasteiger charge is -2.08. The Morgan fingerprint density at radius 3 is 2.26 bits per heavy atom. The number of ether oxygens (including phenoxy) is 2. The second-order valence-electron chi connectivity index (χ2n) is 5.00. The molecule has 0 fully saturated rings. The van der Waals surface area contributed by atoms with Crippen LogP contribution >= 0.6 is 0 Å². The highest BCUT2D eigenvalue weighted by Gasteiger charge is 2.20. The molecule has 2 aromatic carbocycles. The molecule has 0 bridgehead atoms. The van der Waals surface area contributed by atoms with Crippen LogP contribution in [0.4, 0.5) is 11.4 Å². The second-order valence-corrected chi connectivity index (χ2v) is 5.00. The number of benzene rings is 2. The van der Waals surface area contributed by atoms with E-state index in [0.29, 0.717) is 0 Å². The lowest BCUT2D eigenvalue weighted by Crippen LogP contribution is -2.19. The van der Waals surface area contributed by atoms with E-state index in [1.165, 1.54) is 44.6 Å². The molecule has 1 N–H and O–H groups in total. The Hall–Kier alpha value is -4.02. The third-order valence-electron chi connectivity index (χ3n) is 3.44. The summed E-state index contributed by atoms with van der Waals surface area (Å²) in [4.78, 5) is 32.8. The number of nitrogens with one attached hydrogen (secondary N) is 1. The van der Waals surface area contributed by atoms with E-state index in [9.17, 15) is 25.0 Å². The van der Waals surface area contributed by atoms with Gasteiger partial charge in [-0.25, -0.2) is 5.43 Å². The summed E-state index contributed by atoms with van der Waals surface area (Å²) >= 11 is 0. The van der Waals surface area contributed by atoms with Crippen LogP contribution in [0.5, 0.6) is 11.5 Å². The SMILES string of the molecule is COc1cc(OC)c([N+](=O)[O-])cc1/C=N\NC(=O)c1ccccc1[N+](=O)[O-]. The highest BCUT2D eigenvalue weighted by Crippen LogP contribution is 2.33. The van der Waals surface area contributed by atoms with Gasteiger partial charge >= 0.3 is 5.69 Å². The fourth-order valence-corrected chi connectivity index (χ4v) is 2.20. The van der Waals surface area contributed by atoms with Crippen LogP contribution in [0.15, 0.2) is 41.5 Å². The second kappa shape index (κ2) is 8.38. The van der Waals surface area contributed by atoms with Crippen LogP contribution in [-0.4, -0.2) is 36.2 Å². The van der Waals surface area contributed by atoms with Crippen molar-refractivity contribution in [3.8, 4) is 11.5 Å². The van der Waals surface area contributed by atoms with Gasteiger partial charge < -0.3 is 9.47 Å². The van der Waals surface area contributed by atoms with E-state index < -0.39 is 15.8 Å². The number of hydrazone groups is 1. The van der Waals surface area contributed by atoms with Gasteiger partial charge in [0.05, 0.1) is 30.3 Å². The zero-order valence-electron chi connectivity index (χ0n) is 14.2. The molecule has 0 aromatic heterocycles. The van der Waals surface area contributed by atoms with Crippen molar-refractivity contribution in [2.24, 2.45) is 5.10 Å².